The number of halogens is 1. The maximum Gasteiger partial charge on any atom is 0.362 e. The monoisotopic (exact) mass is 284 g/mol. The average molecular weight is 285 g/mol. The van der Waals surface area contributed by atoms with Crippen LogP contribution in [0.2, 0.25) is 5.02 Å². The van der Waals surface area contributed by atoms with Crippen LogP contribution in [0.5, 0.6) is 5.75 Å². The minimum absolute atomic E-state index is 0.240. The molecule has 1 aromatic carbocycles. The van der Waals surface area contributed by atoms with Crippen molar-refractivity contribution >= 4 is 28.3 Å². The minimum atomic E-state index is -0.542. The standard InChI is InChI=1S/C15H9ClN2O2/c16-12-6-13(9-17-8-12)20-15(19)14-5-10-3-1-2-4-11(10)7-18-14/h1-9H. The first-order valence-corrected chi connectivity index (χ1v) is 6.28. The van der Waals surface area contributed by atoms with Crippen LogP contribution in [-0.2, 0) is 0 Å². The van der Waals surface area contributed by atoms with Crippen molar-refractivity contribution in [2.45, 2.75) is 0 Å². The van der Waals surface area contributed by atoms with Gasteiger partial charge in [0.2, 0.25) is 0 Å². The second-order valence-corrected chi connectivity index (χ2v) is 4.58. The van der Waals surface area contributed by atoms with E-state index in [0.29, 0.717) is 5.02 Å². The number of esters is 1. The van der Waals surface area contributed by atoms with Gasteiger partial charge in [-0.05, 0) is 11.5 Å². The number of pyridine rings is 2. The maximum atomic E-state index is 12.0. The molecule has 0 aliphatic heterocycles. The Morgan fingerprint density at radius 1 is 1.05 bits per heavy atom. The highest BCUT2D eigenvalue weighted by Gasteiger charge is 2.11. The summed E-state index contributed by atoms with van der Waals surface area (Å²) in [5, 5.41) is 2.30. The van der Waals surface area contributed by atoms with Crippen LogP contribution in [0.3, 0.4) is 0 Å². The molecule has 0 amide bonds. The van der Waals surface area contributed by atoms with Gasteiger partial charge in [-0.25, -0.2) is 9.78 Å². The maximum absolute atomic E-state index is 12.0. The van der Waals surface area contributed by atoms with Gasteiger partial charge in [-0.1, -0.05) is 35.9 Å². The van der Waals surface area contributed by atoms with Crippen molar-refractivity contribution in [2.24, 2.45) is 0 Å². The lowest BCUT2D eigenvalue weighted by Crippen LogP contribution is -2.10. The van der Waals surface area contributed by atoms with E-state index >= 15 is 0 Å². The van der Waals surface area contributed by atoms with Gasteiger partial charge in [0.15, 0.2) is 5.75 Å². The zero-order valence-electron chi connectivity index (χ0n) is 10.3. The number of carbonyl (C=O) groups excluding carboxylic acids is 1. The Morgan fingerprint density at radius 2 is 1.85 bits per heavy atom. The third-order valence-electron chi connectivity index (χ3n) is 2.73. The van der Waals surface area contributed by atoms with Gasteiger partial charge >= 0.3 is 5.97 Å². The molecule has 0 saturated carbocycles. The number of hydrogen-bond donors (Lipinski definition) is 0. The van der Waals surface area contributed by atoms with Gasteiger partial charge in [0.1, 0.15) is 5.69 Å². The minimum Gasteiger partial charge on any atom is -0.420 e. The van der Waals surface area contributed by atoms with Crippen LogP contribution < -0.4 is 4.74 Å². The number of nitrogens with zero attached hydrogens (tertiary/aromatic N) is 2. The van der Waals surface area contributed by atoms with Crippen LogP contribution >= 0.6 is 11.6 Å². The summed E-state index contributed by atoms with van der Waals surface area (Å²) >= 11 is 5.78. The van der Waals surface area contributed by atoms with Crippen LogP contribution in [0, 0.1) is 0 Å². The van der Waals surface area contributed by atoms with Crippen molar-refractivity contribution < 1.29 is 9.53 Å². The molecule has 0 bridgehead atoms. The first-order chi connectivity index (χ1) is 9.72. The highest BCUT2D eigenvalue weighted by atomic mass is 35.5. The molecular formula is C15H9ClN2O2. The molecule has 0 N–H and O–H groups in total. The van der Waals surface area contributed by atoms with Gasteiger partial charge in [0.25, 0.3) is 0 Å². The lowest BCUT2D eigenvalue weighted by molar-refractivity contribution is 0.0728. The number of ether oxygens (including phenoxy) is 1. The molecule has 0 aliphatic rings. The van der Waals surface area contributed by atoms with Gasteiger partial charge in [-0.3, -0.25) is 4.98 Å². The molecule has 0 fully saturated rings. The Labute approximate surface area is 120 Å². The predicted molar refractivity (Wildman–Crippen MR) is 75.9 cm³/mol. The third kappa shape index (κ3) is 2.60. The number of carbonyl (C=O) groups is 1. The fourth-order valence-corrected chi connectivity index (χ4v) is 1.97. The van der Waals surface area contributed by atoms with E-state index < -0.39 is 5.97 Å². The summed E-state index contributed by atoms with van der Waals surface area (Å²) in [7, 11) is 0. The molecular weight excluding hydrogens is 276 g/mol. The zero-order valence-corrected chi connectivity index (χ0v) is 11.0. The summed E-state index contributed by atoms with van der Waals surface area (Å²) in [6.07, 6.45) is 4.53. The third-order valence-corrected chi connectivity index (χ3v) is 2.94. The van der Waals surface area contributed by atoms with Gasteiger partial charge in [-0.2, -0.15) is 0 Å². The van der Waals surface area contributed by atoms with E-state index in [0.717, 1.165) is 10.8 Å². The van der Waals surface area contributed by atoms with E-state index in [4.69, 9.17) is 16.3 Å². The number of fused-ring (bicyclic) bond motifs is 1. The number of benzene rings is 1. The molecule has 0 radical (unpaired) electrons. The Bertz CT molecular complexity index is 789. The van der Waals surface area contributed by atoms with E-state index in [2.05, 4.69) is 9.97 Å². The molecule has 3 aromatic rings. The fourth-order valence-electron chi connectivity index (χ4n) is 1.80. The molecule has 4 nitrogen and oxygen atoms in total. The fraction of sp³-hybridized carbons (Fsp3) is 0. The topological polar surface area (TPSA) is 52.1 Å². The van der Waals surface area contributed by atoms with Crippen LogP contribution in [-0.4, -0.2) is 15.9 Å². The normalized spacial score (nSPS) is 10.4. The Balaban J connectivity index is 1.88. The quantitative estimate of drug-likeness (QED) is 0.676. The number of rotatable bonds is 2. The second-order valence-electron chi connectivity index (χ2n) is 4.15. The molecule has 98 valence electrons. The molecule has 0 unspecified atom stereocenters. The Morgan fingerprint density at radius 3 is 2.65 bits per heavy atom. The summed E-state index contributed by atoms with van der Waals surface area (Å²) in [5.74, 6) is -0.253. The largest absolute Gasteiger partial charge is 0.420 e. The summed E-state index contributed by atoms with van der Waals surface area (Å²) in [6.45, 7) is 0. The summed E-state index contributed by atoms with van der Waals surface area (Å²) in [5.41, 5.74) is 0.240. The van der Waals surface area contributed by atoms with Crippen LogP contribution in [0.15, 0.2) is 55.0 Å². The average Bonchev–Trinajstić information content (AvgIpc) is 2.47. The number of aromatic nitrogens is 2. The summed E-state index contributed by atoms with van der Waals surface area (Å²) in [6, 6.07) is 10.9. The predicted octanol–water partition coefficient (Wildman–Crippen LogP) is 3.50. The molecule has 2 heterocycles. The van der Waals surface area contributed by atoms with Crippen molar-refractivity contribution in [3.05, 3.63) is 65.7 Å². The first kappa shape index (κ1) is 12.6. The highest BCUT2D eigenvalue weighted by Crippen LogP contribution is 2.18. The lowest BCUT2D eigenvalue weighted by atomic mass is 10.1. The molecule has 20 heavy (non-hydrogen) atoms. The van der Waals surface area contributed by atoms with Crippen molar-refractivity contribution in [2.75, 3.05) is 0 Å². The van der Waals surface area contributed by atoms with E-state index in [1.807, 2.05) is 24.3 Å². The van der Waals surface area contributed by atoms with Gasteiger partial charge in [0, 0.05) is 23.8 Å². The van der Waals surface area contributed by atoms with Gasteiger partial charge in [-0.15, -0.1) is 0 Å². The van der Waals surface area contributed by atoms with Crippen molar-refractivity contribution in [3.63, 3.8) is 0 Å². The van der Waals surface area contributed by atoms with Crippen LogP contribution in [0.1, 0.15) is 10.5 Å². The van der Waals surface area contributed by atoms with Crippen LogP contribution in [0.4, 0.5) is 0 Å². The van der Waals surface area contributed by atoms with Crippen LogP contribution in [0.25, 0.3) is 10.8 Å². The molecule has 3 rings (SSSR count). The van der Waals surface area contributed by atoms with Crippen molar-refractivity contribution in [1.29, 1.82) is 0 Å². The Hall–Kier alpha value is -2.46. The molecule has 0 atom stereocenters. The zero-order chi connectivity index (χ0) is 13.9. The van der Waals surface area contributed by atoms with Gasteiger partial charge in [0.05, 0.1) is 11.2 Å². The van der Waals surface area contributed by atoms with E-state index in [1.165, 1.54) is 18.5 Å². The van der Waals surface area contributed by atoms with E-state index in [1.54, 1.807) is 12.3 Å². The molecule has 0 aliphatic carbocycles. The van der Waals surface area contributed by atoms with Crippen molar-refractivity contribution in [1.82, 2.24) is 9.97 Å². The first-order valence-electron chi connectivity index (χ1n) is 5.90. The second kappa shape index (κ2) is 5.27. The number of hydrogen-bond acceptors (Lipinski definition) is 4. The molecule has 2 aromatic heterocycles. The van der Waals surface area contributed by atoms with Crippen molar-refractivity contribution in [3.8, 4) is 5.75 Å². The lowest BCUT2D eigenvalue weighted by Gasteiger charge is -2.04. The van der Waals surface area contributed by atoms with E-state index in [9.17, 15) is 4.79 Å². The molecule has 0 saturated heterocycles. The van der Waals surface area contributed by atoms with Gasteiger partial charge < -0.3 is 4.74 Å². The highest BCUT2D eigenvalue weighted by molar-refractivity contribution is 6.30. The molecule has 5 heteroatoms. The van der Waals surface area contributed by atoms with E-state index in [-0.39, 0.29) is 11.4 Å². The Kier molecular flexibility index (Phi) is 3.31. The molecule has 0 spiro atoms. The SMILES string of the molecule is O=C(Oc1cncc(Cl)c1)c1cc2ccccc2cn1. The summed E-state index contributed by atoms with van der Waals surface area (Å²) in [4.78, 5) is 20.0. The summed E-state index contributed by atoms with van der Waals surface area (Å²) < 4.78 is 5.18. The smallest absolute Gasteiger partial charge is 0.362 e.